The van der Waals surface area contributed by atoms with Crippen LogP contribution >= 0.6 is 11.6 Å². The van der Waals surface area contributed by atoms with Gasteiger partial charge in [-0.15, -0.1) is 0 Å². The predicted molar refractivity (Wildman–Crippen MR) is 58.4 cm³/mol. The third-order valence-electron chi connectivity index (χ3n) is 1.86. The number of oxazole rings is 1. The standard InChI is InChI=1S/C10H8ClN3O2/c1-6-5-16-10(13-6)14-9(15)7-2-3-12-4-8(7)11/h2-5H,1H3,(H,13,14,15). The highest BCUT2D eigenvalue weighted by Gasteiger charge is 2.12. The molecule has 0 aliphatic rings. The first-order valence-electron chi connectivity index (χ1n) is 4.50. The lowest BCUT2D eigenvalue weighted by Crippen LogP contribution is -2.12. The summed E-state index contributed by atoms with van der Waals surface area (Å²) in [4.78, 5) is 19.5. The van der Waals surface area contributed by atoms with Gasteiger partial charge in [-0.3, -0.25) is 15.1 Å². The Labute approximate surface area is 96.5 Å². The van der Waals surface area contributed by atoms with Crippen molar-refractivity contribution in [3.05, 3.63) is 41.0 Å². The van der Waals surface area contributed by atoms with Crippen LogP contribution in [-0.2, 0) is 0 Å². The lowest BCUT2D eigenvalue weighted by Gasteiger charge is -2.01. The van der Waals surface area contributed by atoms with Crippen LogP contribution in [0.5, 0.6) is 0 Å². The van der Waals surface area contributed by atoms with Crippen molar-refractivity contribution in [1.82, 2.24) is 9.97 Å². The number of nitrogens with zero attached hydrogens (tertiary/aromatic N) is 2. The maximum absolute atomic E-state index is 11.7. The van der Waals surface area contributed by atoms with Crippen LogP contribution in [-0.4, -0.2) is 15.9 Å². The molecule has 0 bridgehead atoms. The minimum Gasteiger partial charge on any atom is -0.432 e. The van der Waals surface area contributed by atoms with E-state index in [2.05, 4.69) is 15.3 Å². The predicted octanol–water partition coefficient (Wildman–Crippen LogP) is 2.28. The Morgan fingerprint density at radius 2 is 2.38 bits per heavy atom. The highest BCUT2D eigenvalue weighted by atomic mass is 35.5. The van der Waals surface area contributed by atoms with E-state index in [1.54, 1.807) is 6.92 Å². The van der Waals surface area contributed by atoms with Gasteiger partial charge in [0.2, 0.25) is 0 Å². The molecule has 2 aromatic rings. The number of carbonyl (C=O) groups excluding carboxylic acids is 1. The Hall–Kier alpha value is -1.88. The van der Waals surface area contributed by atoms with Crippen molar-refractivity contribution < 1.29 is 9.21 Å². The zero-order valence-electron chi connectivity index (χ0n) is 8.40. The SMILES string of the molecule is Cc1coc(NC(=O)c2ccncc2Cl)n1. The summed E-state index contributed by atoms with van der Waals surface area (Å²) in [6.07, 6.45) is 4.34. The fourth-order valence-electron chi connectivity index (χ4n) is 1.14. The van der Waals surface area contributed by atoms with Gasteiger partial charge in [-0.05, 0) is 13.0 Å². The largest absolute Gasteiger partial charge is 0.432 e. The Morgan fingerprint density at radius 3 is 3.00 bits per heavy atom. The number of hydrogen-bond donors (Lipinski definition) is 1. The zero-order valence-corrected chi connectivity index (χ0v) is 9.15. The normalized spacial score (nSPS) is 10.1. The summed E-state index contributed by atoms with van der Waals surface area (Å²) in [5.74, 6) is -0.380. The van der Waals surface area contributed by atoms with E-state index in [-0.39, 0.29) is 16.9 Å². The molecule has 1 N–H and O–H groups in total. The number of pyridine rings is 1. The van der Waals surface area contributed by atoms with E-state index in [0.29, 0.717) is 11.3 Å². The highest BCUT2D eigenvalue weighted by Crippen LogP contribution is 2.15. The van der Waals surface area contributed by atoms with Crippen molar-refractivity contribution in [1.29, 1.82) is 0 Å². The fourth-order valence-corrected chi connectivity index (χ4v) is 1.34. The van der Waals surface area contributed by atoms with Gasteiger partial charge in [0.25, 0.3) is 5.91 Å². The van der Waals surface area contributed by atoms with Gasteiger partial charge in [0.1, 0.15) is 6.26 Å². The van der Waals surface area contributed by atoms with Crippen LogP contribution in [0.1, 0.15) is 16.1 Å². The molecule has 0 aliphatic heterocycles. The van der Waals surface area contributed by atoms with Crippen LogP contribution in [0.4, 0.5) is 6.01 Å². The van der Waals surface area contributed by atoms with Crippen LogP contribution < -0.4 is 5.32 Å². The molecule has 82 valence electrons. The molecule has 0 saturated carbocycles. The molecule has 5 nitrogen and oxygen atoms in total. The van der Waals surface area contributed by atoms with Gasteiger partial charge in [-0.25, -0.2) is 0 Å². The second-order valence-electron chi connectivity index (χ2n) is 3.10. The average molecular weight is 238 g/mol. The molecule has 0 radical (unpaired) electrons. The minimum absolute atomic E-state index is 0.148. The van der Waals surface area contributed by atoms with Crippen LogP contribution in [0.15, 0.2) is 29.1 Å². The third-order valence-corrected chi connectivity index (χ3v) is 2.16. The molecule has 0 fully saturated rings. The number of rotatable bonds is 2. The molecule has 0 spiro atoms. The molecule has 6 heteroatoms. The molecule has 0 unspecified atom stereocenters. The molecular weight excluding hydrogens is 230 g/mol. The van der Waals surface area contributed by atoms with Crippen molar-refractivity contribution in [3.63, 3.8) is 0 Å². The first-order valence-corrected chi connectivity index (χ1v) is 4.87. The second kappa shape index (κ2) is 4.32. The molecule has 0 aromatic carbocycles. The second-order valence-corrected chi connectivity index (χ2v) is 3.51. The number of hydrogen-bond acceptors (Lipinski definition) is 4. The summed E-state index contributed by atoms with van der Waals surface area (Å²) in [6, 6.07) is 1.67. The number of amides is 1. The van der Waals surface area contributed by atoms with Gasteiger partial charge in [0.05, 0.1) is 16.3 Å². The van der Waals surface area contributed by atoms with Crippen molar-refractivity contribution in [3.8, 4) is 0 Å². The topological polar surface area (TPSA) is 68.0 Å². The number of halogens is 1. The molecule has 2 heterocycles. The molecule has 1 amide bonds. The van der Waals surface area contributed by atoms with E-state index < -0.39 is 0 Å². The van der Waals surface area contributed by atoms with Crippen molar-refractivity contribution in [2.75, 3.05) is 5.32 Å². The van der Waals surface area contributed by atoms with E-state index in [0.717, 1.165) is 0 Å². The first kappa shape index (κ1) is 10.6. The molecule has 0 atom stereocenters. The van der Waals surface area contributed by atoms with Crippen LogP contribution in [0.25, 0.3) is 0 Å². The monoisotopic (exact) mass is 237 g/mol. The molecule has 16 heavy (non-hydrogen) atoms. The van der Waals surface area contributed by atoms with Gasteiger partial charge < -0.3 is 4.42 Å². The number of aryl methyl sites for hydroxylation is 1. The molecular formula is C10H8ClN3O2. The number of carbonyl (C=O) groups is 1. The van der Waals surface area contributed by atoms with E-state index >= 15 is 0 Å². The van der Waals surface area contributed by atoms with E-state index in [1.165, 1.54) is 24.7 Å². The fraction of sp³-hybridized carbons (Fsp3) is 0.100. The lowest BCUT2D eigenvalue weighted by molar-refractivity contribution is 0.102. The van der Waals surface area contributed by atoms with E-state index in [4.69, 9.17) is 16.0 Å². The molecule has 0 aliphatic carbocycles. The van der Waals surface area contributed by atoms with Crippen LogP contribution in [0.2, 0.25) is 5.02 Å². The lowest BCUT2D eigenvalue weighted by atomic mass is 10.2. The van der Waals surface area contributed by atoms with E-state index in [1.807, 2.05) is 0 Å². The summed E-state index contributed by atoms with van der Waals surface area (Å²) in [6.45, 7) is 1.76. The van der Waals surface area contributed by atoms with Gasteiger partial charge in [0.15, 0.2) is 0 Å². The summed E-state index contributed by atoms with van der Waals surface area (Å²) in [5.41, 5.74) is 1.02. The van der Waals surface area contributed by atoms with Gasteiger partial charge in [-0.1, -0.05) is 11.6 Å². The summed E-state index contributed by atoms with van der Waals surface area (Å²) < 4.78 is 4.99. The number of anilines is 1. The number of nitrogens with one attached hydrogen (secondary N) is 1. The Kier molecular flexibility index (Phi) is 2.87. The van der Waals surface area contributed by atoms with Gasteiger partial charge in [0, 0.05) is 12.4 Å². The van der Waals surface area contributed by atoms with Gasteiger partial charge in [-0.2, -0.15) is 4.98 Å². The molecule has 0 saturated heterocycles. The maximum Gasteiger partial charge on any atom is 0.301 e. The van der Waals surface area contributed by atoms with Crippen LogP contribution in [0, 0.1) is 6.92 Å². The van der Waals surface area contributed by atoms with Crippen molar-refractivity contribution in [2.45, 2.75) is 6.92 Å². The minimum atomic E-state index is -0.380. The third kappa shape index (κ3) is 2.20. The Morgan fingerprint density at radius 1 is 1.56 bits per heavy atom. The Bertz CT molecular complexity index is 524. The van der Waals surface area contributed by atoms with Crippen molar-refractivity contribution in [2.24, 2.45) is 0 Å². The Balaban J connectivity index is 2.18. The summed E-state index contributed by atoms with van der Waals surface area (Å²) in [5, 5.41) is 2.77. The van der Waals surface area contributed by atoms with E-state index in [9.17, 15) is 4.79 Å². The quantitative estimate of drug-likeness (QED) is 0.870. The molecule has 2 aromatic heterocycles. The first-order chi connectivity index (χ1) is 7.66. The summed E-state index contributed by atoms with van der Waals surface area (Å²) >= 11 is 5.82. The number of aromatic nitrogens is 2. The highest BCUT2D eigenvalue weighted by molar-refractivity contribution is 6.34. The van der Waals surface area contributed by atoms with Crippen molar-refractivity contribution >= 4 is 23.5 Å². The smallest absolute Gasteiger partial charge is 0.301 e. The average Bonchev–Trinajstić information content (AvgIpc) is 2.64. The molecule has 2 rings (SSSR count). The summed E-state index contributed by atoms with van der Waals surface area (Å²) in [7, 11) is 0. The zero-order chi connectivity index (χ0) is 11.5. The van der Waals surface area contributed by atoms with Gasteiger partial charge >= 0.3 is 6.01 Å². The maximum atomic E-state index is 11.7. The van der Waals surface area contributed by atoms with Crippen LogP contribution in [0.3, 0.4) is 0 Å².